The smallest absolute Gasteiger partial charge is 0.225 e. The van der Waals surface area contributed by atoms with E-state index in [0.29, 0.717) is 23.0 Å². The van der Waals surface area contributed by atoms with E-state index in [0.717, 1.165) is 5.56 Å². The van der Waals surface area contributed by atoms with Crippen LogP contribution < -0.4 is 5.32 Å². The van der Waals surface area contributed by atoms with Gasteiger partial charge in [-0.25, -0.2) is 0 Å². The standard InChI is InChI=1S/C10H11Cl2NO/c1-7-2-3-8(6-9(7)12)13-10(14)4-5-11/h2-3,6H,4-5H2,1H3,(H,13,14). The number of nitrogens with one attached hydrogen (secondary N) is 1. The quantitative estimate of drug-likeness (QED) is 0.796. The molecule has 1 aromatic rings. The van der Waals surface area contributed by atoms with Crippen LogP contribution in [-0.4, -0.2) is 11.8 Å². The molecular weight excluding hydrogens is 221 g/mol. The van der Waals surface area contributed by atoms with Gasteiger partial charge in [0.15, 0.2) is 0 Å². The third kappa shape index (κ3) is 3.20. The molecule has 0 radical (unpaired) electrons. The molecule has 0 spiro atoms. The zero-order valence-electron chi connectivity index (χ0n) is 7.81. The van der Waals surface area contributed by atoms with Crippen molar-refractivity contribution in [3.05, 3.63) is 28.8 Å². The molecule has 0 aliphatic carbocycles. The van der Waals surface area contributed by atoms with E-state index in [1.54, 1.807) is 6.07 Å². The highest BCUT2D eigenvalue weighted by molar-refractivity contribution is 6.31. The van der Waals surface area contributed by atoms with Gasteiger partial charge in [-0.1, -0.05) is 17.7 Å². The lowest BCUT2D eigenvalue weighted by atomic mass is 10.2. The summed E-state index contributed by atoms with van der Waals surface area (Å²) in [5.74, 6) is 0.228. The molecule has 2 nitrogen and oxygen atoms in total. The van der Waals surface area contributed by atoms with Crippen LogP contribution in [0, 0.1) is 6.92 Å². The van der Waals surface area contributed by atoms with Crippen molar-refractivity contribution >= 4 is 34.8 Å². The van der Waals surface area contributed by atoms with Gasteiger partial charge in [0.1, 0.15) is 0 Å². The van der Waals surface area contributed by atoms with E-state index in [2.05, 4.69) is 5.32 Å². The minimum absolute atomic E-state index is 0.0973. The van der Waals surface area contributed by atoms with Gasteiger partial charge in [-0.3, -0.25) is 4.79 Å². The number of carbonyl (C=O) groups excluding carboxylic acids is 1. The Hall–Kier alpha value is -0.730. The Kier molecular flexibility index (Phi) is 4.23. The van der Waals surface area contributed by atoms with Crippen molar-refractivity contribution in [3.8, 4) is 0 Å². The van der Waals surface area contributed by atoms with E-state index in [1.165, 1.54) is 0 Å². The monoisotopic (exact) mass is 231 g/mol. The zero-order valence-corrected chi connectivity index (χ0v) is 9.32. The average Bonchev–Trinajstić information content (AvgIpc) is 2.12. The average molecular weight is 232 g/mol. The largest absolute Gasteiger partial charge is 0.326 e. The van der Waals surface area contributed by atoms with E-state index < -0.39 is 0 Å². The molecule has 1 aromatic carbocycles. The third-order valence-electron chi connectivity index (χ3n) is 1.78. The lowest BCUT2D eigenvalue weighted by Crippen LogP contribution is -2.11. The fraction of sp³-hybridized carbons (Fsp3) is 0.300. The van der Waals surface area contributed by atoms with Crippen LogP contribution in [0.4, 0.5) is 5.69 Å². The lowest BCUT2D eigenvalue weighted by molar-refractivity contribution is -0.115. The number of halogens is 2. The number of hydrogen-bond acceptors (Lipinski definition) is 1. The first-order valence-electron chi connectivity index (χ1n) is 4.25. The first-order valence-corrected chi connectivity index (χ1v) is 5.16. The number of anilines is 1. The van der Waals surface area contributed by atoms with Crippen LogP contribution in [0.5, 0.6) is 0 Å². The molecule has 0 unspecified atom stereocenters. The normalized spacial score (nSPS) is 9.93. The first kappa shape index (κ1) is 11.3. The van der Waals surface area contributed by atoms with Gasteiger partial charge in [0.2, 0.25) is 5.91 Å². The lowest BCUT2D eigenvalue weighted by Gasteiger charge is -2.05. The Bertz CT molecular complexity index is 339. The van der Waals surface area contributed by atoms with E-state index in [4.69, 9.17) is 23.2 Å². The summed E-state index contributed by atoms with van der Waals surface area (Å²) in [5, 5.41) is 3.35. The van der Waals surface area contributed by atoms with Crippen LogP contribution in [-0.2, 0) is 4.79 Å². The molecule has 0 aliphatic heterocycles. The Morgan fingerprint density at radius 3 is 2.79 bits per heavy atom. The summed E-state index contributed by atoms with van der Waals surface area (Å²) < 4.78 is 0. The van der Waals surface area contributed by atoms with Crippen LogP contribution in [0.25, 0.3) is 0 Å². The van der Waals surface area contributed by atoms with Gasteiger partial charge in [0, 0.05) is 23.0 Å². The van der Waals surface area contributed by atoms with E-state index in [-0.39, 0.29) is 5.91 Å². The number of hydrogen-bond donors (Lipinski definition) is 1. The predicted octanol–water partition coefficient (Wildman–Crippen LogP) is 3.22. The molecule has 4 heteroatoms. The van der Waals surface area contributed by atoms with Crippen LogP contribution >= 0.6 is 23.2 Å². The SMILES string of the molecule is Cc1ccc(NC(=O)CCCl)cc1Cl. The van der Waals surface area contributed by atoms with Crippen molar-refractivity contribution in [2.45, 2.75) is 13.3 Å². The molecule has 0 heterocycles. The first-order chi connectivity index (χ1) is 6.63. The number of benzene rings is 1. The third-order valence-corrected chi connectivity index (χ3v) is 2.37. The minimum Gasteiger partial charge on any atom is -0.326 e. The van der Waals surface area contributed by atoms with Crippen molar-refractivity contribution in [1.29, 1.82) is 0 Å². The Balaban J connectivity index is 2.68. The zero-order chi connectivity index (χ0) is 10.6. The van der Waals surface area contributed by atoms with E-state index in [1.807, 2.05) is 19.1 Å². The molecule has 14 heavy (non-hydrogen) atoms. The summed E-state index contributed by atoms with van der Waals surface area (Å²) in [4.78, 5) is 11.2. The molecule has 0 saturated carbocycles. The Morgan fingerprint density at radius 1 is 1.50 bits per heavy atom. The van der Waals surface area contributed by atoms with Gasteiger partial charge in [-0.15, -0.1) is 11.6 Å². The second kappa shape index (κ2) is 5.23. The number of amides is 1. The topological polar surface area (TPSA) is 29.1 Å². The molecule has 1 rings (SSSR count). The second-order valence-electron chi connectivity index (χ2n) is 2.95. The maximum atomic E-state index is 11.2. The molecule has 0 aliphatic rings. The van der Waals surface area contributed by atoms with Gasteiger partial charge in [0.05, 0.1) is 0 Å². The Morgan fingerprint density at radius 2 is 2.21 bits per heavy atom. The van der Waals surface area contributed by atoms with Crippen molar-refractivity contribution < 1.29 is 4.79 Å². The highest BCUT2D eigenvalue weighted by Crippen LogP contribution is 2.19. The molecule has 0 atom stereocenters. The summed E-state index contributed by atoms with van der Waals surface area (Å²) in [6.45, 7) is 1.91. The predicted molar refractivity (Wildman–Crippen MR) is 60.2 cm³/mol. The van der Waals surface area contributed by atoms with Crippen LogP contribution in [0.3, 0.4) is 0 Å². The maximum Gasteiger partial charge on any atom is 0.225 e. The number of alkyl halides is 1. The van der Waals surface area contributed by atoms with Crippen LogP contribution in [0.2, 0.25) is 5.02 Å². The number of aryl methyl sites for hydroxylation is 1. The van der Waals surface area contributed by atoms with Gasteiger partial charge < -0.3 is 5.32 Å². The highest BCUT2D eigenvalue weighted by Gasteiger charge is 2.02. The fourth-order valence-electron chi connectivity index (χ4n) is 0.980. The molecular formula is C10H11Cl2NO. The molecule has 76 valence electrons. The van der Waals surface area contributed by atoms with Gasteiger partial charge in [-0.2, -0.15) is 0 Å². The summed E-state index contributed by atoms with van der Waals surface area (Å²) in [7, 11) is 0. The summed E-state index contributed by atoms with van der Waals surface area (Å²) in [6, 6.07) is 5.40. The molecule has 0 saturated heterocycles. The van der Waals surface area contributed by atoms with Crippen molar-refractivity contribution in [2.75, 3.05) is 11.2 Å². The molecule has 0 aromatic heterocycles. The van der Waals surface area contributed by atoms with Crippen LogP contribution in [0.1, 0.15) is 12.0 Å². The van der Waals surface area contributed by atoms with Crippen molar-refractivity contribution in [1.82, 2.24) is 0 Å². The highest BCUT2D eigenvalue weighted by atomic mass is 35.5. The van der Waals surface area contributed by atoms with Crippen molar-refractivity contribution in [3.63, 3.8) is 0 Å². The van der Waals surface area contributed by atoms with Crippen LogP contribution in [0.15, 0.2) is 18.2 Å². The summed E-state index contributed by atoms with van der Waals surface area (Å²) in [6.07, 6.45) is 0.313. The van der Waals surface area contributed by atoms with E-state index in [9.17, 15) is 4.79 Å². The van der Waals surface area contributed by atoms with Gasteiger partial charge in [-0.05, 0) is 24.6 Å². The molecule has 1 amide bonds. The summed E-state index contributed by atoms with van der Waals surface area (Å²) >= 11 is 11.3. The maximum absolute atomic E-state index is 11.2. The molecule has 1 N–H and O–H groups in total. The van der Waals surface area contributed by atoms with E-state index >= 15 is 0 Å². The fourth-order valence-corrected chi connectivity index (χ4v) is 1.33. The number of rotatable bonds is 3. The second-order valence-corrected chi connectivity index (χ2v) is 3.74. The Labute approximate surface area is 93.2 Å². The molecule has 0 fully saturated rings. The number of carbonyl (C=O) groups is 1. The molecule has 0 bridgehead atoms. The summed E-state index contributed by atoms with van der Waals surface area (Å²) in [5.41, 5.74) is 1.69. The van der Waals surface area contributed by atoms with Gasteiger partial charge in [0.25, 0.3) is 0 Å². The van der Waals surface area contributed by atoms with Crippen molar-refractivity contribution in [2.24, 2.45) is 0 Å². The minimum atomic E-state index is -0.0973. The van der Waals surface area contributed by atoms with Gasteiger partial charge >= 0.3 is 0 Å².